The van der Waals surface area contributed by atoms with Gasteiger partial charge in [0.1, 0.15) is 11.6 Å². The molecule has 0 spiro atoms. The summed E-state index contributed by atoms with van der Waals surface area (Å²) in [5.74, 6) is 1.50. The minimum atomic E-state index is -0.405. The van der Waals surface area contributed by atoms with Gasteiger partial charge in [-0.2, -0.15) is 4.98 Å². The zero-order valence-corrected chi connectivity index (χ0v) is 19.1. The Morgan fingerprint density at radius 3 is 2.82 bits per heavy atom. The van der Waals surface area contributed by atoms with E-state index < -0.39 is 5.82 Å². The van der Waals surface area contributed by atoms with E-state index in [0.29, 0.717) is 33.8 Å². The highest BCUT2D eigenvalue weighted by molar-refractivity contribution is 6.30. The van der Waals surface area contributed by atoms with Gasteiger partial charge < -0.3 is 14.4 Å². The summed E-state index contributed by atoms with van der Waals surface area (Å²) in [5.41, 5.74) is 1.58. The van der Waals surface area contributed by atoms with Gasteiger partial charge in [0.05, 0.1) is 5.56 Å². The topological polar surface area (TPSA) is 98.7 Å². The lowest BCUT2D eigenvalue weighted by molar-refractivity contribution is -0.116. The van der Waals surface area contributed by atoms with Gasteiger partial charge in [-0.15, -0.1) is 10.2 Å². The van der Waals surface area contributed by atoms with Crippen LogP contribution in [0.3, 0.4) is 0 Å². The molecule has 0 saturated carbocycles. The Morgan fingerprint density at radius 2 is 1.97 bits per heavy atom. The molecule has 0 aliphatic carbocycles. The predicted molar refractivity (Wildman–Crippen MR) is 125 cm³/mol. The first-order chi connectivity index (χ1) is 16.6. The van der Waals surface area contributed by atoms with E-state index in [9.17, 15) is 9.18 Å². The van der Waals surface area contributed by atoms with E-state index in [4.69, 9.17) is 16.1 Å². The third-order valence-corrected chi connectivity index (χ3v) is 5.99. The summed E-state index contributed by atoms with van der Waals surface area (Å²) in [6, 6.07) is 11.5. The van der Waals surface area contributed by atoms with E-state index >= 15 is 0 Å². The van der Waals surface area contributed by atoms with Crippen LogP contribution in [-0.4, -0.2) is 30.8 Å². The molecule has 174 valence electrons. The number of aryl methyl sites for hydroxylation is 2. The van der Waals surface area contributed by atoms with Crippen molar-refractivity contribution in [1.82, 2.24) is 24.9 Å². The standard InChI is InChI=1S/C24H22ClFN6O2/c25-16-7-5-15(6-8-16)23-28-22(34-31-23)12-11-21(33)27-17-9-10-19(26)18(14-17)24-30-29-20-4-2-1-3-13-32(20)24/h5-10,14H,1-4,11-13H2,(H,27,33). The number of hydrogen-bond donors (Lipinski definition) is 1. The Kier molecular flexibility index (Phi) is 6.35. The molecule has 0 atom stereocenters. The Labute approximate surface area is 200 Å². The number of carbonyl (C=O) groups is 1. The first kappa shape index (κ1) is 22.2. The number of aromatic nitrogens is 5. The van der Waals surface area contributed by atoms with Gasteiger partial charge in [-0.05, 0) is 55.3 Å². The Hall–Kier alpha value is -3.59. The normalized spacial score (nSPS) is 13.4. The van der Waals surface area contributed by atoms with E-state index in [1.165, 1.54) is 12.1 Å². The van der Waals surface area contributed by atoms with Gasteiger partial charge in [-0.3, -0.25) is 4.79 Å². The average molecular weight is 481 g/mol. The molecule has 5 rings (SSSR count). The van der Waals surface area contributed by atoms with Crippen molar-refractivity contribution < 1.29 is 13.7 Å². The van der Waals surface area contributed by atoms with E-state index in [-0.39, 0.29) is 18.7 Å². The number of anilines is 1. The molecule has 2 aromatic heterocycles. The maximum absolute atomic E-state index is 14.6. The summed E-state index contributed by atoms with van der Waals surface area (Å²) in [4.78, 5) is 16.8. The van der Waals surface area contributed by atoms with Crippen LogP contribution in [0.1, 0.15) is 37.4 Å². The van der Waals surface area contributed by atoms with Gasteiger partial charge in [0.2, 0.25) is 17.6 Å². The second-order valence-electron chi connectivity index (χ2n) is 8.16. The smallest absolute Gasteiger partial charge is 0.227 e. The molecule has 4 aromatic rings. The Balaban J connectivity index is 1.24. The molecule has 1 N–H and O–H groups in total. The Morgan fingerprint density at radius 1 is 1.12 bits per heavy atom. The molecule has 0 bridgehead atoms. The van der Waals surface area contributed by atoms with Crippen LogP contribution in [0.4, 0.5) is 10.1 Å². The van der Waals surface area contributed by atoms with Crippen LogP contribution in [0.5, 0.6) is 0 Å². The largest absolute Gasteiger partial charge is 0.339 e. The van der Waals surface area contributed by atoms with Crippen LogP contribution >= 0.6 is 11.6 Å². The van der Waals surface area contributed by atoms with Crippen molar-refractivity contribution in [1.29, 1.82) is 0 Å². The van der Waals surface area contributed by atoms with E-state index in [0.717, 1.165) is 43.6 Å². The molecule has 0 radical (unpaired) electrons. The number of fused-ring (bicyclic) bond motifs is 1. The highest BCUT2D eigenvalue weighted by atomic mass is 35.5. The van der Waals surface area contributed by atoms with E-state index in [1.54, 1.807) is 30.3 Å². The molecular formula is C24H22ClFN6O2. The number of nitrogens with one attached hydrogen (secondary N) is 1. The summed E-state index contributed by atoms with van der Waals surface area (Å²) in [6.07, 6.45) is 4.42. The van der Waals surface area contributed by atoms with Crippen LogP contribution in [0.15, 0.2) is 47.0 Å². The molecule has 2 aromatic carbocycles. The minimum Gasteiger partial charge on any atom is -0.339 e. The van der Waals surface area contributed by atoms with Crippen LogP contribution in [-0.2, 0) is 24.2 Å². The zero-order chi connectivity index (χ0) is 23.5. The van der Waals surface area contributed by atoms with Crippen LogP contribution in [0.25, 0.3) is 22.8 Å². The number of nitrogens with zero attached hydrogens (tertiary/aromatic N) is 5. The lowest BCUT2D eigenvalue weighted by Crippen LogP contribution is -2.13. The van der Waals surface area contributed by atoms with Gasteiger partial charge in [-0.25, -0.2) is 4.39 Å². The van der Waals surface area contributed by atoms with Gasteiger partial charge in [0.15, 0.2) is 5.82 Å². The third-order valence-electron chi connectivity index (χ3n) is 5.74. The molecule has 1 amide bonds. The van der Waals surface area contributed by atoms with Crippen LogP contribution in [0, 0.1) is 5.82 Å². The summed E-state index contributed by atoms with van der Waals surface area (Å²) in [7, 11) is 0. The fourth-order valence-electron chi connectivity index (χ4n) is 3.98. The second-order valence-corrected chi connectivity index (χ2v) is 8.60. The number of halogens is 2. The zero-order valence-electron chi connectivity index (χ0n) is 18.3. The summed E-state index contributed by atoms with van der Waals surface area (Å²) < 4.78 is 21.9. The van der Waals surface area contributed by atoms with Crippen LogP contribution < -0.4 is 5.32 Å². The molecule has 3 heterocycles. The molecule has 10 heteroatoms. The first-order valence-corrected chi connectivity index (χ1v) is 11.5. The molecule has 1 aliphatic rings. The maximum Gasteiger partial charge on any atom is 0.227 e. The molecule has 0 saturated heterocycles. The van der Waals surface area contributed by atoms with E-state index in [1.807, 2.05) is 4.57 Å². The van der Waals surface area contributed by atoms with Gasteiger partial charge in [0, 0.05) is 42.1 Å². The minimum absolute atomic E-state index is 0.134. The maximum atomic E-state index is 14.6. The fraction of sp³-hybridized carbons (Fsp3) is 0.292. The van der Waals surface area contributed by atoms with Gasteiger partial charge >= 0.3 is 0 Å². The van der Waals surface area contributed by atoms with Crippen molar-refractivity contribution in [3.05, 3.63) is 65.0 Å². The van der Waals surface area contributed by atoms with E-state index in [2.05, 4.69) is 25.7 Å². The average Bonchev–Trinajstić information content (AvgIpc) is 3.40. The third kappa shape index (κ3) is 4.84. The monoisotopic (exact) mass is 480 g/mol. The van der Waals surface area contributed by atoms with Crippen LogP contribution in [0.2, 0.25) is 5.02 Å². The van der Waals surface area contributed by atoms with Crippen molar-refractivity contribution in [2.45, 2.75) is 45.1 Å². The molecule has 0 unspecified atom stereocenters. The highest BCUT2D eigenvalue weighted by Gasteiger charge is 2.19. The first-order valence-electron chi connectivity index (χ1n) is 11.2. The number of hydrogen-bond acceptors (Lipinski definition) is 6. The predicted octanol–water partition coefficient (Wildman–Crippen LogP) is 5.09. The van der Waals surface area contributed by atoms with Crippen molar-refractivity contribution in [3.63, 3.8) is 0 Å². The number of carbonyl (C=O) groups excluding carboxylic acids is 1. The summed E-state index contributed by atoms with van der Waals surface area (Å²) in [6.45, 7) is 0.760. The summed E-state index contributed by atoms with van der Waals surface area (Å²) in [5, 5.41) is 15.9. The quantitative estimate of drug-likeness (QED) is 0.413. The molecule has 8 nitrogen and oxygen atoms in total. The van der Waals surface area contributed by atoms with Gasteiger partial charge in [-0.1, -0.05) is 23.2 Å². The van der Waals surface area contributed by atoms with Crippen molar-refractivity contribution in [2.24, 2.45) is 0 Å². The molecule has 0 fully saturated rings. The number of rotatable bonds is 6. The SMILES string of the molecule is O=C(CCc1nc(-c2ccc(Cl)cc2)no1)Nc1ccc(F)c(-c2nnc3n2CCCCC3)c1. The Bertz CT molecular complexity index is 1320. The lowest BCUT2D eigenvalue weighted by atomic mass is 10.1. The number of benzene rings is 2. The second kappa shape index (κ2) is 9.72. The molecular weight excluding hydrogens is 459 g/mol. The number of amides is 1. The van der Waals surface area contributed by atoms with Crippen molar-refractivity contribution in [3.8, 4) is 22.8 Å². The highest BCUT2D eigenvalue weighted by Crippen LogP contribution is 2.27. The van der Waals surface area contributed by atoms with Gasteiger partial charge in [0.25, 0.3) is 0 Å². The summed E-state index contributed by atoms with van der Waals surface area (Å²) >= 11 is 5.90. The molecule has 34 heavy (non-hydrogen) atoms. The van der Waals surface area contributed by atoms with Crippen molar-refractivity contribution >= 4 is 23.2 Å². The molecule has 1 aliphatic heterocycles. The fourth-order valence-corrected chi connectivity index (χ4v) is 4.10. The lowest BCUT2D eigenvalue weighted by Gasteiger charge is -2.10. The van der Waals surface area contributed by atoms with Crippen molar-refractivity contribution in [2.75, 3.05) is 5.32 Å².